The molecule has 1 aromatic carbocycles. The molecule has 0 amide bonds. The zero-order valence-corrected chi connectivity index (χ0v) is 9.53. The monoisotopic (exact) mass is 208 g/mol. The van der Waals surface area contributed by atoms with Crippen molar-refractivity contribution in [1.82, 2.24) is 0 Å². The largest absolute Gasteiger partial charge is 0.397 e. The van der Waals surface area contributed by atoms with Gasteiger partial charge >= 0.3 is 0 Å². The number of rotatable bonds is 5. The highest BCUT2D eigenvalue weighted by Gasteiger charge is 2.08. The standard InChI is InChI=1S/C12H20N2O/c1-3-14(8-5-9-15)11-7-4-6-10(2)12(11)13/h4,6-7,15H,3,5,8-9,13H2,1-2H3. The Morgan fingerprint density at radius 1 is 1.40 bits per heavy atom. The number of aliphatic hydroxyl groups excluding tert-OH is 1. The average Bonchev–Trinajstić information content (AvgIpc) is 2.25. The van der Waals surface area contributed by atoms with Gasteiger partial charge < -0.3 is 15.7 Å². The van der Waals surface area contributed by atoms with E-state index in [0.717, 1.165) is 36.4 Å². The number of hydrogen-bond donors (Lipinski definition) is 2. The predicted molar refractivity (Wildman–Crippen MR) is 65.2 cm³/mol. The molecule has 0 unspecified atom stereocenters. The van der Waals surface area contributed by atoms with Gasteiger partial charge in [-0.1, -0.05) is 12.1 Å². The Hall–Kier alpha value is -1.22. The van der Waals surface area contributed by atoms with Crippen LogP contribution in [-0.4, -0.2) is 24.8 Å². The van der Waals surface area contributed by atoms with Crippen molar-refractivity contribution < 1.29 is 5.11 Å². The van der Waals surface area contributed by atoms with Gasteiger partial charge in [0.15, 0.2) is 0 Å². The first-order chi connectivity index (χ1) is 7.20. The van der Waals surface area contributed by atoms with Crippen LogP contribution in [0, 0.1) is 6.92 Å². The summed E-state index contributed by atoms with van der Waals surface area (Å²) >= 11 is 0. The summed E-state index contributed by atoms with van der Waals surface area (Å²) in [4.78, 5) is 2.19. The first kappa shape index (κ1) is 11.9. The van der Waals surface area contributed by atoms with Gasteiger partial charge in [0.25, 0.3) is 0 Å². The van der Waals surface area contributed by atoms with E-state index in [2.05, 4.69) is 11.8 Å². The lowest BCUT2D eigenvalue weighted by molar-refractivity contribution is 0.289. The maximum absolute atomic E-state index is 8.82. The van der Waals surface area contributed by atoms with Crippen LogP contribution in [0.2, 0.25) is 0 Å². The van der Waals surface area contributed by atoms with E-state index in [-0.39, 0.29) is 6.61 Å². The number of nitrogens with two attached hydrogens (primary N) is 1. The van der Waals surface area contributed by atoms with Gasteiger partial charge in [0, 0.05) is 19.7 Å². The molecule has 0 aromatic heterocycles. The third kappa shape index (κ3) is 2.86. The lowest BCUT2D eigenvalue weighted by Gasteiger charge is -2.25. The van der Waals surface area contributed by atoms with Gasteiger partial charge in [-0.05, 0) is 31.9 Å². The van der Waals surface area contributed by atoms with Crippen molar-refractivity contribution in [3.63, 3.8) is 0 Å². The average molecular weight is 208 g/mol. The van der Waals surface area contributed by atoms with Gasteiger partial charge in [0.2, 0.25) is 0 Å². The molecule has 84 valence electrons. The molecule has 1 rings (SSSR count). The van der Waals surface area contributed by atoms with E-state index in [9.17, 15) is 0 Å². The summed E-state index contributed by atoms with van der Waals surface area (Å²) in [6.07, 6.45) is 0.779. The molecule has 0 saturated heterocycles. The van der Waals surface area contributed by atoms with Crippen LogP contribution in [-0.2, 0) is 0 Å². The molecule has 0 aliphatic carbocycles. The Labute approximate surface area is 91.5 Å². The van der Waals surface area contributed by atoms with Crippen molar-refractivity contribution in [2.24, 2.45) is 0 Å². The Balaban J connectivity index is 2.86. The number of nitrogens with zero attached hydrogens (tertiary/aromatic N) is 1. The summed E-state index contributed by atoms with van der Waals surface area (Å²) in [6.45, 7) is 6.09. The second-order valence-electron chi connectivity index (χ2n) is 3.66. The van der Waals surface area contributed by atoms with Gasteiger partial charge in [-0.3, -0.25) is 0 Å². The molecule has 0 atom stereocenters. The number of nitrogen functional groups attached to an aromatic ring is 1. The molecule has 0 aliphatic rings. The smallest absolute Gasteiger partial charge is 0.0602 e. The maximum atomic E-state index is 8.82. The van der Waals surface area contributed by atoms with Gasteiger partial charge in [-0.25, -0.2) is 0 Å². The molecule has 15 heavy (non-hydrogen) atoms. The summed E-state index contributed by atoms with van der Waals surface area (Å²) < 4.78 is 0. The van der Waals surface area contributed by atoms with Crippen LogP contribution in [0.25, 0.3) is 0 Å². The fourth-order valence-electron chi connectivity index (χ4n) is 1.65. The SMILES string of the molecule is CCN(CCCO)c1cccc(C)c1N. The number of anilines is 2. The number of para-hydroxylation sites is 1. The minimum Gasteiger partial charge on any atom is -0.397 e. The maximum Gasteiger partial charge on any atom is 0.0602 e. The summed E-state index contributed by atoms with van der Waals surface area (Å²) in [5, 5.41) is 8.82. The molecule has 1 aromatic rings. The Morgan fingerprint density at radius 2 is 2.13 bits per heavy atom. The molecule has 3 nitrogen and oxygen atoms in total. The van der Waals surface area contributed by atoms with Gasteiger partial charge in [0.05, 0.1) is 11.4 Å². The zero-order chi connectivity index (χ0) is 11.3. The van der Waals surface area contributed by atoms with E-state index in [1.54, 1.807) is 0 Å². The van der Waals surface area contributed by atoms with Crippen LogP contribution >= 0.6 is 0 Å². The minimum absolute atomic E-state index is 0.224. The highest BCUT2D eigenvalue weighted by Crippen LogP contribution is 2.25. The quantitative estimate of drug-likeness (QED) is 0.725. The summed E-state index contributed by atoms with van der Waals surface area (Å²) in [5.74, 6) is 0. The van der Waals surface area contributed by atoms with Crippen molar-refractivity contribution in [1.29, 1.82) is 0 Å². The topological polar surface area (TPSA) is 49.5 Å². The number of hydrogen-bond acceptors (Lipinski definition) is 3. The second kappa shape index (κ2) is 5.61. The molecular formula is C12H20N2O. The first-order valence-corrected chi connectivity index (χ1v) is 5.41. The predicted octanol–water partition coefficient (Wildman–Crippen LogP) is 1.79. The van der Waals surface area contributed by atoms with Crippen molar-refractivity contribution in [3.8, 4) is 0 Å². The Bertz CT molecular complexity index is 312. The van der Waals surface area contributed by atoms with E-state index < -0.39 is 0 Å². The fourth-order valence-corrected chi connectivity index (χ4v) is 1.65. The van der Waals surface area contributed by atoms with Crippen LogP contribution < -0.4 is 10.6 Å². The summed E-state index contributed by atoms with van der Waals surface area (Å²) in [7, 11) is 0. The van der Waals surface area contributed by atoms with Crippen LogP contribution in [0.1, 0.15) is 18.9 Å². The Kier molecular flexibility index (Phi) is 4.43. The zero-order valence-electron chi connectivity index (χ0n) is 9.53. The first-order valence-electron chi connectivity index (χ1n) is 5.41. The molecule has 0 bridgehead atoms. The normalized spacial score (nSPS) is 10.3. The molecule has 0 radical (unpaired) electrons. The molecular weight excluding hydrogens is 188 g/mol. The van der Waals surface area contributed by atoms with Crippen LogP contribution in [0.4, 0.5) is 11.4 Å². The van der Waals surface area contributed by atoms with Crippen molar-refractivity contribution >= 4 is 11.4 Å². The number of benzene rings is 1. The molecule has 0 saturated carbocycles. The lowest BCUT2D eigenvalue weighted by atomic mass is 10.1. The van der Waals surface area contributed by atoms with E-state index in [1.165, 1.54) is 0 Å². The number of aliphatic hydroxyl groups is 1. The van der Waals surface area contributed by atoms with E-state index >= 15 is 0 Å². The summed E-state index contributed by atoms with van der Waals surface area (Å²) in [6, 6.07) is 6.06. The highest BCUT2D eigenvalue weighted by molar-refractivity contribution is 5.70. The molecule has 3 heteroatoms. The van der Waals surface area contributed by atoms with Crippen molar-refractivity contribution in [3.05, 3.63) is 23.8 Å². The van der Waals surface area contributed by atoms with Crippen molar-refractivity contribution in [2.45, 2.75) is 20.3 Å². The molecule has 3 N–H and O–H groups in total. The van der Waals surface area contributed by atoms with Gasteiger partial charge in [0.1, 0.15) is 0 Å². The molecule has 0 aliphatic heterocycles. The van der Waals surface area contributed by atoms with Gasteiger partial charge in [-0.15, -0.1) is 0 Å². The molecule has 0 spiro atoms. The molecule has 0 fully saturated rings. The fraction of sp³-hybridized carbons (Fsp3) is 0.500. The molecule has 0 heterocycles. The summed E-state index contributed by atoms with van der Waals surface area (Å²) in [5.41, 5.74) is 9.05. The van der Waals surface area contributed by atoms with Crippen molar-refractivity contribution in [2.75, 3.05) is 30.3 Å². The van der Waals surface area contributed by atoms with E-state index in [1.807, 2.05) is 25.1 Å². The van der Waals surface area contributed by atoms with Crippen LogP contribution in [0.15, 0.2) is 18.2 Å². The lowest BCUT2D eigenvalue weighted by Crippen LogP contribution is -2.25. The van der Waals surface area contributed by atoms with E-state index in [4.69, 9.17) is 10.8 Å². The van der Waals surface area contributed by atoms with Crippen LogP contribution in [0.5, 0.6) is 0 Å². The van der Waals surface area contributed by atoms with Crippen LogP contribution in [0.3, 0.4) is 0 Å². The minimum atomic E-state index is 0.224. The van der Waals surface area contributed by atoms with Gasteiger partial charge in [-0.2, -0.15) is 0 Å². The van der Waals surface area contributed by atoms with E-state index in [0.29, 0.717) is 0 Å². The third-order valence-electron chi connectivity index (χ3n) is 2.61. The second-order valence-corrected chi connectivity index (χ2v) is 3.66. The number of aryl methyl sites for hydroxylation is 1. The highest BCUT2D eigenvalue weighted by atomic mass is 16.3. The third-order valence-corrected chi connectivity index (χ3v) is 2.61. The Morgan fingerprint density at radius 3 is 2.73 bits per heavy atom.